The van der Waals surface area contributed by atoms with E-state index in [1.54, 1.807) is 48.5 Å². The number of hydrogen-bond donors (Lipinski definition) is 1. The molecule has 2 aromatic heterocycles. The van der Waals surface area contributed by atoms with Crippen molar-refractivity contribution in [2.24, 2.45) is 0 Å². The molecule has 36 heavy (non-hydrogen) atoms. The van der Waals surface area contributed by atoms with Gasteiger partial charge in [-0.25, -0.2) is 8.60 Å². The zero-order chi connectivity index (χ0) is 25.2. The quantitative estimate of drug-likeness (QED) is 0.283. The number of rotatable bonds is 7. The van der Waals surface area contributed by atoms with Gasteiger partial charge in [-0.2, -0.15) is 0 Å². The molecule has 1 unspecified atom stereocenters. The maximum Gasteiger partial charge on any atom is 0.241 e. The summed E-state index contributed by atoms with van der Waals surface area (Å²) in [5.41, 5.74) is 2.29. The average Bonchev–Trinajstić information content (AvgIpc) is 3.40. The monoisotopic (exact) mass is 524 g/mol. The lowest BCUT2D eigenvalue weighted by atomic mass is 9.99. The maximum atomic E-state index is 13.8. The first-order valence-corrected chi connectivity index (χ1v) is 12.1. The van der Waals surface area contributed by atoms with Crippen molar-refractivity contribution in [3.8, 4) is 34.0 Å². The van der Waals surface area contributed by atoms with E-state index in [1.165, 1.54) is 32.6 Å². The number of fused-ring (bicyclic) bond motifs is 1. The highest BCUT2D eigenvalue weighted by molar-refractivity contribution is 7.86. The van der Waals surface area contributed by atoms with Crippen LogP contribution in [0.5, 0.6) is 11.6 Å². The zero-order valence-electron chi connectivity index (χ0n) is 19.0. The summed E-state index contributed by atoms with van der Waals surface area (Å²) in [7, 11) is 1.38. The normalized spacial score (nSPS) is 11.9. The first kappa shape index (κ1) is 23.7. The lowest BCUT2D eigenvalue weighted by Crippen LogP contribution is -2.05. The van der Waals surface area contributed by atoms with Crippen molar-refractivity contribution in [2.75, 3.05) is 18.9 Å². The number of benzene rings is 3. The first-order chi connectivity index (χ1) is 17.5. The Labute approximate surface area is 212 Å². The van der Waals surface area contributed by atoms with Gasteiger partial charge < -0.3 is 14.0 Å². The Balaban J connectivity index is 1.63. The lowest BCUT2D eigenvalue weighted by molar-refractivity contribution is 0.397. The number of aromatic nitrogens is 3. The van der Waals surface area contributed by atoms with Crippen LogP contribution in [0.1, 0.15) is 0 Å². The SMILES string of the molecule is COc1cc(-c2cccc(F)c2)c(Cl)cc1-c1nnc(OC)c2cc(S(=O)Nc3ccon3)ccc12. The fraction of sp³-hybridized carbons (Fsp3) is 0.0800. The molecule has 3 aromatic carbocycles. The minimum atomic E-state index is -1.62. The van der Waals surface area contributed by atoms with Crippen LogP contribution in [0.4, 0.5) is 10.2 Å². The smallest absolute Gasteiger partial charge is 0.241 e. The number of halogens is 2. The summed E-state index contributed by atoms with van der Waals surface area (Å²) in [6, 6.07) is 16.3. The van der Waals surface area contributed by atoms with Crippen LogP contribution in [0.2, 0.25) is 5.02 Å². The zero-order valence-corrected chi connectivity index (χ0v) is 20.6. The van der Waals surface area contributed by atoms with Gasteiger partial charge in [0.05, 0.1) is 19.1 Å². The van der Waals surface area contributed by atoms with E-state index in [0.29, 0.717) is 54.6 Å². The van der Waals surface area contributed by atoms with E-state index in [2.05, 4.69) is 20.1 Å². The summed E-state index contributed by atoms with van der Waals surface area (Å²) in [4.78, 5) is 0.467. The summed E-state index contributed by atoms with van der Waals surface area (Å²) in [5.74, 6) is 0.701. The van der Waals surface area contributed by atoms with E-state index in [0.717, 1.165) is 0 Å². The van der Waals surface area contributed by atoms with Crippen molar-refractivity contribution in [1.82, 2.24) is 15.4 Å². The molecule has 0 aliphatic rings. The number of ether oxygens (including phenoxy) is 2. The number of nitrogens with one attached hydrogen (secondary N) is 1. The highest BCUT2D eigenvalue weighted by atomic mass is 35.5. The summed E-state index contributed by atoms with van der Waals surface area (Å²) in [5, 5.41) is 13.9. The van der Waals surface area contributed by atoms with E-state index in [1.807, 2.05) is 0 Å². The van der Waals surface area contributed by atoms with Crippen LogP contribution < -0.4 is 14.2 Å². The van der Waals surface area contributed by atoms with Gasteiger partial charge in [0.1, 0.15) is 23.5 Å². The summed E-state index contributed by atoms with van der Waals surface area (Å²) in [6.45, 7) is 0. The van der Waals surface area contributed by atoms with Crippen molar-refractivity contribution in [3.05, 3.63) is 77.8 Å². The molecule has 5 rings (SSSR count). The second-order valence-corrected chi connectivity index (χ2v) is 9.18. The molecule has 0 radical (unpaired) electrons. The van der Waals surface area contributed by atoms with Crippen LogP contribution in [0.3, 0.4) is 0 Å². The summed E-state index contributed by atoms with van der Waals surface area (Å²) >= 11 is 6.63. The van der Waals surface area contributed by atoms with Gasteiger partial charge in [0.15, 0.2) is 16.8 Å². The lowest BCUT2D eigenvalue weighted by Gasteiger charge is -2.15. The molecular weight excluding hydrogens is 507 g/mol. The van der Waals surface area contributed by atoms with Crippen molar-refractivity contribution in [3.63, 3.8) is 0 Å². The molecule has 0 spiro atoms. The van der Waals surface area contributed by atoms with Crippen LogP contribution >= 0.6 is 11.6 Å². The van der Waals surface area contributed by atoms with Gasteiger partial charge in [0.2, 0.25) is 5.88 Å². The molecule has 1 atom stereocenters. The number of methoxy groups -OCH3 is 2. The molecule has 0 aliphatic heterocycles. The predicted molar refractivity (Wildman–Crippen MR) is 135 cm³/mol. The van der Waals surface area contributed by atoms with Crippen LogP contribution in [-0.4, -0.2) is 33.8 Å². The molecule has 1 N–H and O–H groups in total. The molecular formula is C25H18ClFN4O4S. The average molecular weight is 525 g/mol. The minimum Gasteiger partial charge on any atom is -0.496 e. The Morgan fingerprint density at radius 3 is 2.56 bits per heavy atom. The van der Waals surface area contributed by atoms with Crippen LogP contribution in [0.25, 0.3) is 33.2 Å². The number of nitrogens with zero attached hydrogens (tertiary/aromatic N) is 3. The standard InChI is InChI=1S/C25H18ClFN4O4S/c1-33-22-13-18(14-4-3-5-15(27)10-14)21(26)12-20(22)24-17-7-6-16(11-19(17)25(34-2)29-28-24)36(32)31-23-8-9-35-30-23/h3-13H,1-2H3,(H,30,31). The van der Waals surface area contributed by atoms with Crippen molar-refractivity contribution in [2.45, 2.75) is 4.90 Å². The fourth-order valence-electron chi connectivity index (χ4n) is 3.78. The Hall–Kier alpha value is -4.02. The van der Waals surface area contributed by atoms with E-state index in [4.69, 9.17) is 25.6 Å². The van der Waals surface area contributed by atoms with Crippen LogP contribution in [-0.2, 0) is 11.0 Å². The highest BCUT2D eigenvalue weighted by Crippen LogP contribution is 2.41. The predicted octanol–water partition coefficient (Wildman–Crippen LogP) is 5.90. The molecule has 11 heteroatoms. The largest absolute Gasteiger partial charge is 0.496 e. The Kier molecular flexibility index (Phi) is 6.53. The van der Waals surface area contributed by atoms with Crippen molar-refractivity contribution >= 4 is 39.2 Å². The van der Waals surface area contributed by atoms with Gasteiger partial charge in [-0.05, 0) is 42.0 Å². The maximum absolute atomic E-state index is 13.8. The van der Waals surface area contributed by atoms with Crippen molar-refractivity contribution < 1.29 is 22.6 Å². The molecule has 0 saturated heterocycles. The fourth-order valence-corrected chi connectivity index (χ4v) is 4.88. The third kappa shape index (κ3) is 4.48. The van der Waals surface area contributed by atoms with Gasteiger partial charge in [0.25, 0.3) is 0 Å². The summed E-state index contributed by atoms with van der Waals surface area (Å²) < 4.78 is 45.2. The highest BCUT2D eigenvalue weighted by Gasteiger charge is 2.20. The van der Waals surface area contributed by atoms with Crippen LogP contribution in [0.15, 0.2) is 76.3 Å². The Morgan fingerprint density at radius 1 is 0.972 bits per heavy atom. The van der Waals surface area contributed by atoms with Crippen molar-refractivity contribution in [1.29, 1.82) is 0 Å². The second-order valence-electron chi connectivity index (χ2n) is 7.56. The molecule has 2 heterocycles. The molecule has 5 aromatic rings. The van der Waals surface area contributed by atoms with Gasteiger partial charge in [0, 0.05) is 33.0 Å². The van der Waals surface area contributed by atoms with E-state index in [9.17, 15) is 8.60 Å². The summed E-state index contributed by atoms with van der Waals surface area (Å²) in [6.07, 6.45) is 1.38. The second kappa shape index (κ2) is 9.92. The van der Waals surface area contributed by atoms with Gasteiger partial charge in [-0.3, -0.25) is 4.72 Å². The minimum absolute atomic E-state index is 0.260. The molecule has 0 aliphatic carbocycles. The number of anilines is 1. The van der Waals surface area contributed by atoms with Crippen LogP contribution in [0, 0.1) is 5.82 Å². The molecule has 0 amide bonds. The Bertz CT molecular complexity index is 1600. The first-order valence-electron chi connectivity index (χ1n) is 10.6. The Morgan fingerprint density at radius 2 is 1.83 bits per heavy atom. The van der Waals surface area contributed by atoms with Gasteiger partial charge >= 0.3 is 0 Å². The van der Waals surface area contributed by atoms with E-state index >= 15 is 0 Å². The molecule has 0 saturated carbocycles. The third-order valence-corrected chi connectivity index (χ3v) is 6.83. The topological polar surface area (TPSA) is 99.4 Å². The van der Waals surface area contributed by atoms with Gasteiger partial charge in [-0.15, -0.1) is 10.2 Å². The molecule has 0 fully saturated rings. The third-order valence-electron chi connectivity index (χ3n) is 5.44. The molecule has 0 bridgehead atoms. The molecule has 8 nitrogen and oxygen atoms in total. The number of hydrogen-bond acceptors (Lipinski definition) is 7. The van der Waals surface area contributed by atoms with E-state index in [-0.39, 0.29) is 11.7 Å². The van der Waals surface area contributed by atoms with E-state index < -0.39 is 11.0 Å². The molecule has 182 valence electrons. The van der Waals surface area contributed by atoms with Gasteiger partial charge in [-0.1, -0.05) is 35.0 Å².